The number of aliphatic carboxylic acids is 1. The lowest BCUT2D eigenvalue weighted by molar-refractivity contribution is -0.139. The van der Waals surface area contributed by atoms with Gasteiger partial charge in [0.25, 0.3) is 0 Å². The Balaban J connectivity index is 1.27. The lowest BCUT2D eigenvalue weighted by Gasteiger charge is -2.28. The first-order valence-corrected chi connectivity index (χ1v) is 11.1. The highest BCUT2D eigenvalue weighted by Crippen LogP contribution is 2.59. The number of benzene rings is 2. The Kier molecular flexibility index (Phi) is 6.44. The van der Waals surface area contributed by atoms with Gasteiger partial charge in [-0.1, -0.05) is 24.3 Å². The van der Waals surface area contributed by atoms with Crippen LogP contribution in [0.5, 0.6) is 5.75 Å². The molecule has 2 aromatic rings. The molecule has 0 saturated heterocycles. The van der Waals surface area contributed by atoms with Gasteiger partial charge in [-0.05, 0) is 44.9 Å². The van der Waals surface area contributed by atoms with Crippen molar-refractivity contribution in [1.82, 2.24) is 5.32 Å². The Morgan fingerprint density at radius 1 is 1.24 bits per heavy atom. The van der Waals surface area contributed by atoms with Crippen molar-refractivity contribution in [2.75, 3.05) is 13.2 Å². The Labute approximate surface area is 191 Å². The third-order valence-electron chi connectivity index (χ3n) is 6.35. The standard InChI is InChI=1S/C25H29F2NO5/c1-13(16-5-4-6-17-20-21(24(30)31)23(20)33-22(16)17)32-12-15(29)11-28-25(2,3)10-14-7-8-18(26)19(27)9-14/h4-9,13,15,20-21,23,28-29H,10-12H2,1-3H3,(H,30,31)/t13-,15-,20+,21+,23+/m1/s1. The molecular formula is C25H29F2NO5. The second kappa shape index (κ2) is 9.00. The van der Waals surface area contributed by atoms with Crippen molar-refractivity contribution in [3.8, 4) is 5.75 Å². The molecule has 33 heavy (non-hydrogen) atoms. The number of aliphatic hydroxyl groups excluding tert-OH is 1. The molecule has 3 N–H and O–H groups in total. The number of para-hydroxylation sites is 1. The molecule has 1 aliphatic heterocycles. The fraction of sp³-hybridized carbons (Fsp3) is 0.480. The van der Waals surface area contributed by atoms with Gasteiger partial charge in [0.05, 0.1) is 18.8 Å². The molecule has 6 nitrogen and oxygen atoms in total. The van der Waals surface area contributed by atoms with Gasteiger partial charge in [0, 0.05) is 29.1 Å². The topological polar surface area (TPSA) is 88.0 Å². The molecule has 1 heterocycles. The van der Waals surface area contributed by atoms with Crippen LogP contribution in [-0.4, -0.2) is 47.1 Å². The van der Waals surface area contributed by atoms with E-state index >= 15 is 0 Å². The Morgan fingerprint density at radius 2 is 2.00 bits per heavy atom. The molecule has 0 aromatic heterocycles. The largest absolute Gasteiger partial charge is 0.488 e. The summed E-state index contributed by atoms with van der Waals surface area (Å²) in [4.78, 5) is 11.3. The van der Waals surface area contributed by atoms with E-state index in [0.717, 1.165) is 17.2 Å². The maximum absolute atomic E-state index is 13.5. The number of ether oxygens (including phenoxy) is 2. The zero-order valence-corrected chi connectivity index (χ0v) is 18.8. The molecule has 2 aromatic carbocycles. The van der Waals surface area contributed by atoms with Crippen molar-refractivity contribution in [3.63, 3.8) is 0 Å². The summed E-state index contributed by atoms with van der Waals surface area (Å²) in [5.41, 5.74) is 1.95. The fourth-order valence-electron chi connectivity index (χ4n) is 4.54. The van der Waals surface area contributed by atoms with Crippen molar-refractivity contribution in [2.24, 2.45) is 5.92 Å². The molecule has 8 heteroatoms. The number of aliphatic hydroxyl groups is 1. The summed E-state index contributed by atoms with van der Waals surface area (Å²) >= 11 is 0. The molecule has 1 fully saturated rings. The van der Waals surface area contributed by atoms with Gasteiger partial charge in [-0.25, -0.2) is 8.78 Å². The number of fused-ring (bicyclic) bond motifs is 3. The molecule has 2 aliphatic rings. The van der Waals surface area contributed by atoms with Crippen molar-refractivity contribution in [3.05, 3.63) is 64.7 Å². The van der Waals surface area contributed by atoms with Crippen LogP contribution >= 0.6 is 0 Å². The molecule has 4 rings (SSSR count). The lowest BCUT2D eigenvalue weighted by Crippen LogP contribution is -2.46. The first-order valence-electron chi connectivity index (χ1n) is 11.1. The monoisotopic (exact) mass is 461 g/mol. The van der Waals surface area contributed by atoms with E-state index in [4.69, 9.17) is 9.47 Å². The van der Waals surface area contributed by atoms with Gasteiger partial charge in [-0.2, -0.15) is 0 Å². The number of β-amino-alcohol motifs (C(OH)–C–C–N with tert-alkyl or cyclic N) is 1. The van der Waals surface area contributed by atoms with Gasteiger partial charge < -0.3 is 25.0 Å². The third-order valence-corrected chi connectivity index (χ3v) is 6.35. The number of rotatable bonds is 10. The first kappa shape index (κ1) is 23.6. The number of halogens is 2. The maximum atomic E-state index is 13.5. The molecule has 0 unspecified atom stereocenters. The maximum Gasteiger partial charge on any atom is 0.311 e. The SMILES string of the molecule is C[C@@H](OC[C@H](O)CNC(C)(C)Cc1ccc(F)c(F)c1)c1cccc2c1O[C@@H]1[C@@H](C(=O)O)[C@H]21. The van der Waals surface area contributed by atoms with Crippen LogP contribution in [0.1, 0.15) is 49.5 Å². The van der Waals surface area contributed by atoms with Crippen LogP contribution in [0, 0.1) is 17.6 Å². The van der Waals surface area contributed by atoms with E-state index in [1.54, 1.807) is 6.07 Å². The molecular weight excluding hydrogens is 432 g/mol. The highest BCUT2D eigenvalue weighted by molar-refractivity contribution is 5.79. The zero-order valence-electron chi connectivity index (χ0n) is 18.8. The van der Waals surface area contributed by atoms with Gasteiger partial charge in [-0.3, -0.25) is 4.79 Å². The van der Waals surface area contributed by atoms with Gasteiger partial charge in [0.2, 0.25) is 0 Å². The summed E-state index contributed by atoms with van der Waals surface area (Å²) in [6.07, 6.45) is -0.969. The highest BCUT2D eigenvalue weighted by atomic mass is 19.2. The predicted octanol–water partition coefficient (Wildman–Crippen LogP) is 3.57. The van der Waals surface area contributed by atoms with Crippen molar-refractivity contribution >= 4 is 5.97 Å². The van der Waals surface area contributed by atoms with Crippen LogP contribution in [-0.2, 0) is 16.0 Å². The van der Waals surface area contributed by atoms with E-state index in [0.29, 0.717) is 17.7 Å². The van der Waals surface area contributed by atoms with Crippen LogP contribution in [0.4, 0.5) is 8.78 Å². The van der Waals surface area contributed by atoms with E-state index in [1.807, 2.05) is 39.0 Å². The van der Waals surface area contributed by atoms with Crippen LogP contribution in [0.2, 0.25) is 0 Å². The minimum Gasteiger partial charge on any atom is -0.488 e. The second-order valence-electron chi connectivity index (χ2n) is 9.56. The smallest absolute Gasteiger partial charge is 0.311 e. The number of carboxylic acid groups (broad SMARTS) is 1. The fourth-order valence-corrected chi connectivity index (χ4v) is 4.54. The molecule has 178 valence electrons. The third kappa shape index (κ3) is 5.03. The molecule has 0 amide bonds. The lowest BCUT2D eigenvalue weighted by atomic mass is 9.94. The van der Waals surface area contributed by atoms with E-state index < -0.39 is 35.2 Å². The van der Waals surface area contributed by atoms with Gasteiger partial charge in [0.1, 0.15) is 17.8 Å². The number of hydrogen-bond donors (Lipinski definition) is 3. The summed E-state index contributed by atoms with van der Waals surface area (Å²) in [7, 11) is 0. The Hall–Kier alpha value is -2.55. The average Bonchev–Trinajstić information content (AvgIpc) is 3.35. The molecule has 0 radical (unpaired) electrons. The minimum absolute atomic E-state index is 0.0870. The molecule has 5 atom stereocenters. The van der Waals surface area contributed by atoms with Crippen molar-refractivity contribution in [1.29, 1.82) is 0 Å². The highest BCUT2D eigenvalue weighted by Gasteiger charge is 2.63. The molecule has 1 aliphatic carbocycles. The van der Waals surface area contributed by atoms with Gasteiger partial charge in [0.15, 0.2) is 11.6 Å². The first-order chi connectivity index (χ1) is 15.6. The normalized spacial score (nSPS) is 22.8. The summed E-state index contributed by atoms with van der Waals surface area (Å²) in [6, 6.07) is 9.50. The summed E-state index contributed by atoms with van der Waals surface area (Å²) < 4.78 is 38.4. The molecule has 0 spiro atoms. The van der Waals surface area contributed by atoms with E-state index in [1.165, 1.54) is 6.07 Å². The number of carbonyl (C=O) groups is 1. The Bertz CT molecular complexity index is 1040. The summed E-state index contributed by atoms with van der Waals surface area (Å²) in [5.74, 6) is -2.48. The minimum atomic E-state index is -0.877. The van der Waals surface area contributed by atoms with E-state index in [9.17, 15) is 23.8 Å². The van der Waals surface area contributed by atoms with Gasteiger partial charge >= 0.3 is 5.97 Å². The molecule has 1 saturated carbocycles. The van der Waals surface area contributed by atoms with Crippen molar-refractivity contribution < 1.29 is 33.3 Å². The summed E-state index contributed by atoms with van der Waals surface area (Å²) in [6.45, 7) is 6.06. The van der Waals surface area contributed by atoms with Gasteiger partial charge in [-0.15, -0.1) is 0 Å². The molecule has 0 bridgehead atoms. The van der Waals surface area contributed by atoms with E-state index in [2.05, 4.69) is 5.32 Å². The quantitative estimate of drug-likeness (QED) is 0.502. The van der Waals surface area contributed by atoms with Crippen molar-refractivity contribution in [2.45, 2.75) is 57.0 Å². The number of nitrogens with one attached hydrogen (secondary N) is 1. The van der Waals surface area contributed by atoms with Crippen LogP contribution < -0.4 is 10.1 Å². The number of carboxylic acids is 1. The zero-order chi connectivity index (χ0) is 23.9. The van der Waals surface area contributed by atoms with Crippen LogP contribution in [0.3, 0.4) is 0 Å². The van der Waals surface area contributed by atoms with Crippen LogP contribution in [0.25, 0.3) is 0 Å². The van der Waals surface area contributed by atoms with Crippen LogP contribution in [0.15, 0.2) is 36.4 Å². The predicted molar refractivity (Wildman–Crippen MR) is 117 cm³/mol. The average molecular weight is 462 g/mol. The number of hydrogen-bond acceptors (Lipinski definition) is 5. The summed E-state index contributed by atoms with van der Waals surface area (Å²) in [5, 5.41) is 22.9. The van der Waals surface area contributed by atoms with E-state index in [-0.39, 0.29) is 31.3 Å². The Morgan fingerprint density at radius 3 is 2.70 bits per heavy atom. The second-order valence-corrected chi connectivity index (χ2v) is 9.56.